The summed E-state index contributed by atoms with van der Waals surface area (Å²) in [7, 11) is 1.51. The lowest BCUT2D eigenvalue weighted by molar-refractivity contribution is -0.139. The maximum absolute atomic E-state index is 11.9. The van der Waals surface area contributed by atoms with E-state index < -0.39 is 17.9 Å². The normalized spacial score (nSPS) is 12.0. The zero-order chi connectivity index (χ0) is 17.6. The van der Waals surface area contributed by atoms with E-state index in [1.54, 1.807) is 12.1 Å². The van der Waals surface area contributed by atoms with Gasteiger partial charge in [-0.25, -0.2) is 0 Å². The quantitative estimate of drug-likeness (QED) is 0.670. The standard InChI is InChI=1S/C18H18N2O5/c1-23-16(15-9-12-5-2-3-7-14(12)25-15)11-20-18(22)17(21)19-10-13-6-4-8-24-13/h2-9,16H,10-11H2,1H3,(H,19,21)(H,20,22). The summed E-state index contributed by atoms with van der Waals surface area (Å²) in [6.07, 6.45) is 1.01. The number of methoxy groups -OCH3 is 1. The molecule has 7 heteroatoms. The SMILES string of the molecule is COC(CNC(=O)C(=O)NCc1ccco1)c1cc2ccccc2o1. The summed E-state index contributed by atoms with van der Waals surface area (Å²) in [6, 6.07) is 12.8. The first-order valence-corrected chi connectivity index (χ1v) is 7.77. The van der Waals surface area contributed by atoms with Gasteiger partial charge in [0.15, 0.2) is 0 Å². The molecule has 0 spiro atoms. The second-order valence-electron chi connectivity index (χ2n) is 5.38. The van der Waals surface area contributed by atoms with Crippen LogP contribution in [0.4, 0.5) is 0 Å². The van der Waals surface area contributed by atoms with Crippen LogP contribution < -0.4 is 10.6 Å². The van der Waals surface area contributed by atoms with Crippen LogP contribution in [0.15, 0.2) is 57.6 Å². The lowest BCUT2D eigenvalue weighted by atomic mass is 10.2. The Bertz CT molecular complexity index is 820. The van der Waals surface area contributed by atoms with E-state index >= 15 is 0 Å². The zero-order valence-electron chi connectivity index (χ0n) is 13.7. The number of rotatable bonds is 6. The van der Waals surface area contributed by atoms with Crippen molar-refractivity contribution in [2.75, 3.05) is 13.7 Å². The number of ether oxygens (including phenoxy) is 1. The van der Waals surface area contributed by atoms with Gasteiger partial charge >= 0.3 is 11.8 Å². The van der Waals surface area contributed by atoms with Gasteiger partial charge in [0.05, 0.1) is 19.4 Å². The fourth-order valence-corrected chi connectivity index (χ4v) is 2.39. The average molecular weight is 342 g/mol. The van der Waals surface area contributed by atoms with Crippen molar-refractivity contribution in [2.24, 2.45) is 0 Å². The maximum atomic E-state index is 11.9. The molecule has 0 radical (unpaired) electrons. The predicted molar refractivity (Wildman–Crippen MR) is 89.5 cm³/mol. The van der Waals surface area contributed by atoms with E-state index in [2.05, 4.69) is 10.6 Å². The zero-order valence-corrected chi connectivity index (χ0v) is 13.7. The van der Waals surface area contributed by atoms with E-state index in [0.29, 0.717) is 11.5 Å². The summed E-state index contributed by atoms with van der Waals surface area (Å²) in [6.45, 7) is 0.264. The molecule has 1 atom stereocenters. The van der Waals surface area contributed by atoms with Crippen LogP contribution in [0.5, 0.6) is 0 Å². The van der Waals surface area contributed by atoms with Crippen molar-refractivity contribution >= 4 is 22.8 Å². The highest BCUT2D eigenvalue weighted by Gasteiger charge is 2.19. The molecule has 7 nitrogen and oxygen atoms in total. The Labute approximate surface area is 143 Å². The minimum atomic E-state index is -0.746. The molecule has 0 aliphatic carbocycles. The van der Waals surface area contributed by atoms with E-state index in [1.165, 1.54) is 13.4 Å². The van der Waals surface area contributed by atoms with Gasteiger partial charge in [-0.2, -0.15) is 0 Å². The minimum absolute atomic E-state index is 0.114. The average Bonchev–Trinajstić information content (AvgIpc) is 3.29. The van der Waals surface area contributed by atoms with Gasteiger partial charge in [0.25, 0.3) is 0 Å². The van der Waals surface area contributed by atoms with Crippen molar-refractivity contribution in [3.8, 4) is 0 Å². The Hall–Kier alpha value is -3.06. The highest BCUT2D eigenvalue weighted by atomic mass is 16.5. The largest absolute Gasteiger partial charge is 0.467 e. The third kappa shape index (κ3) is 4.07. The number of nitrogens with one attached hydrogen (secondary N) is 2. The number of carbonyl (C=O) groups excluding carboxylic acids is 2. The number of fused-ring (bicyclic) bond motifs is 1. The molecule has 1 aromatic carbocycles. The van der Waals surface area contributed by atoms with Gasteiger partial charge in [-0.05, 0) is 24.3 Å². The Morgan fingerprint density at radius 1 is 1.12 bits per heavy atom. The highest BCUT2D eigenvalue weighted by molar-refractivity contribution is 6.35. The number of hydrogen-bond acceptors (Lipinski definition) is 5. The Morgan fingerprint density at radius 3 is 2.64 bits per heavy atom. The molecule has 3 rings (SSSR count). The number of amides is 2. The molecule has 0 saturated carbocycles. The number of benzene rings is 1. The van der Waals surface area contributed by atoms with Crippen LogP contribution >= 0.6 is 0 Å². The van der Waals surface area contributed by atoms with Crippen LogP contribution in [0.2, 0.25) is 0 Å². The summed E-state index contributed by atoms with van der Waals surface area (Å²) in [5.74, 6) is -0.334. The smallest absolute Gasteiger partial charge is 0.309 e. The first kappa shape index (κ1) is 16.8. The molecule has 0 fully saturated rings. The van der Waals surface area contributed by atoms with Crippen molar-refractivity contribution < 1.29 is 23.2 Å². The third-order valence-electron chi connectivity index (χ3n) is 3.70. The molecule has 0 aliphatic rings. The first-order valence-electron chi connectivity index (χ1n) is 7.77. The lowest BCUT2D eigenvalue weighted by Gasteiger charge is -2.13. The van der Waals surface area contributed by atoms with Gasteiger partial charge in [0.2, 0.25) is 0 Å². The topological polar surface area (TPSA) is 93.7 Å². The molecule has 1 unspecified atom stereocenters. The second kappa shape index (κ2) is 7.67. The molecule has 2 heterocycles. The maximum Gasteiger partial charge on any atom is 0.309 e. The number of para-hydroxylation sites is 1. The molecule has 2 N–H and O–H groups in total. The summed E-state index contributed by atoms with van der Waals surface area (Å²) in [5.41, 5.74) is 0.738. The molecule has 0 saturated heterocycles. The molecule has 3 aromatic rings. The second-order valence-corrected chi connectivity index (χ2v) is 5.38. The van der Waals surface area contributed by atoms with Crippen molar-refractivity contribution in [2.45, 2.75) is 12.6 Å². The molecule has 130 valence electrons. The number of hydrogen-bond donors (Lipinski definition) is 2. The lowest BCUT2D eigenvalue weighted by Crippen LogP contribution is -2.41. The van der Waals surface area contributed by atoms with Gasteiger partial charge in [-0.1, -0.05) is 18.2 Å². The fraction of sp³-hybridized carbons (Fsp3) is 0.222. The van der Waals surface area contributed by atoms with E-state index in [9.17, 15) is 9.59 Å². The molecule has 25 heavy (non-hydrogen) atoms. The molecular formula is C18H18N2O5. The van der Waals surface area contributed by atoms with Gasteiger partial charge in [-0.3, -0.25) is 9.59 Å². The summed E-state index contributed by atoms with van der Waals surface area (Å²) >= 11 is 0. The minimum Gasteiger partial charge on any atom is -0.467 e. The molecule has 0 bridgehead atoms. The first-order chi connectivity index (χ1) is 12.2. The molecule has 2 aromatic heterocycles. The van der Waals surface area contributed by atoms with Crippen LogP contribution in [0.25, 0.3) is 11.0 Å². The van der Waals surface area contributed by atoms with Crippen molar-refractivity contribution in [1.29, 1.82) is 0 Å². The number of carbonyl (C=O) groups is 2. The van der Waals surface area contributed by atoms with E-state index in [1.807, 2.05) is 30.3 Å². The van der Waals surface area contributed by atoms with Crippen LogP contribution in [0, 0.1) is 0 Å². The van der Waals surface area contributed by atoms with E-state index in [4.69, 9.17) is 13.6 Å². The van der Waals surface area contributed by atoms with Crippen LogP contribution in [-0.4, -0.2) is 25.5 Å². The Balaban J connectivity index is 1.54. The Kier molecular flexibility index (Phi) is 5.15. The van der Waals surface area contributed by atoms with Crippen molar-refractivity contribution in [3.05, 3.63) is 60.2 Å². The predicted octanol–water partition coefficient (Wildman–Crippen LogP) is 2.15. The summed E-state index contributed by atoms with van der Waals surface area (Å²) in [4.78, 5) is 23.7. The van der Waals surface area contributed by atoms with Crippen LogP contribution in [0.3, 0.4) is 0 Å². The molecular weight excluding hydrogens is 324 g/mol. The molecule has 2 amide bonds. The van der Waals surface area contributed by atoms with Crippen molar-refractivity contribution in [1.82, 2.24) is 10.6 Å². The third-order valence-corrected chi connectivity index (χ3v) is 3.70. The van der Waals surface area contributed by atoms with Gasteiger partial charge < -0.3 is 24.2 Å². The van der Waals surface area contributed by atoms with Gasteiger partial charge in [0.1, 0.15) is 23.2 Å². The van der Waals surface area contributed by atoms with Gasteiger partial charge in [-0.15, -0.1) is 0 Å². The van der Waals surface area contributed by atoms with Crippen molar-refractivity contribution in [3.63, 3.8) is 0 Å². The van der Waals surface area contributed by atoms with E-state index in [-0.39, 0.29) is 13.1 Å². The van der Waals surface area contributed by atoms with E-state index in [0.717, 1.165) is 11.0 Å². The Morgan fingerprint density at radius 2 is 1.92 bits per heavy atom. The highest BCUT2D eigenvalue weighted by Crippen LogP contribution is 2.25. The van der Waals surface area contributed by atoms with Crippen LogP contribution in [-0.2, 0) is 20.9 Å². The van der Waals surface area contributed by atoms with Gasteiger partial charge in [0, 0.05) is 12.5 Å². The number of furan rings is 2. The summed E-state index contributed by atoms with van der Waals surface area (Å²) in [5, 5.41) is 5.97. The van der Waals surface area contributed by atoms with Crippen LogP contribution in [0.1, 0.15) is 17.6 Å². The summed E-state index contributed by atoms with van der Waals surface area (Å²) < 4.78 is 16.2. The fourth-order valence-electron chi connectivity index (χ4n) is 2.39. The molecule has 0 aliphatic heterocycles. The monoisotopic (exact) mass is 342 g/mol.